The van der Waals surface area contributed by atoms with Gasteiger partial charge in [-0.15, -0.1) is 0 Å². The van der Waals surface area contributed by atoms with E-state index in [0.717, 1.165) is 28.6 Å². The molecule has 0 spiro atoms. The Hall–Kier alpha value is -3.69. The van der Waals surface area contributed by atoms with E-state index in [9.17, 15) is 14.9 Å². The third-order valence-corrected chi connectivity index (χ3v) is 6.62. The van der Waals surface area contributed by atoms with Gasteiger partial charge < -0.3 is 9.47 Å². The summed E-state index contributed by atoms with van der Waals surface area (Å²) >= 11 is 6.59. The van der Waals surface area contributed by atoms with Gasteiger partial charge in [0.05, 0.1) is 16.4 Å². The van der Waals surface area contributed by atoms with Crippen LogP contribution < -0.4 is 9.47 Å². The third-order valence-electron chi connectivity index (χ3n) is 5.24. The molecule has 7 nitrogen and oxygen atoms in total. The topological polar surface area (TPSA) is 81.9 Å². The van der Waals surface area contributed by atoms with Crippen molar-refractivity contribution in [2.24, 2.45) is 0 Å². The van der Waals surface area contributed by atoms with E-state index in [1.165, 1.54) is 23.1 Å². The molecular weight excluding hydrogens is 484 g/mol. The second-order valence-electron chi connectivity index (χ2n) is 7.70. The van der Waals surface area contributed by atoms with Gasteiger partial charge >= 0.3 is 0 Å². The van der Waals surface area contributed by atoms with E-state index in [1.807, 2.05) is 61.5 Å². The van der Waals surface area contributed by atoms with E-state index in [4.69, 9.17) is 21.7 Å². The standard InChI is InChI=1S/C26H22N2O5S2/c1-18-7-5-6-10-22(18)32-13-14-33-23-12-11-21(28(30)31)15-20(23)16-24-25(29)27(26(34)35-24)17-19-8-3-2-4-9-19/h2-12,15-16H,13-14,17H2,1H3/b24-16+. The van der Waals surface area contributed by atoms with Crippen molar-refractivity contribution in [3.63, 3.8) is 0 Å². The Morgan fingerprint density at radius 2 is 1.69 bits per heavy atom. The molecule has 0 unspecified atom stereocenters. The van der Waals surface area contributed by atoms with Crippen LogP contribution in [0, 0.1) is 17.0 Å². The molecule has 0 saturated carbocycles. The summed E-state index contributed by atoms with van der Waals surface area (Å²) in [6.07, 6.45) is 1.59. The number of nitrogens with zero attached hydrogens (tertiary/aromatic N) is 2. The molecule has 4 rings (SSSR count). The first-order chi connectivity index (χ1) is 16.9. The average Bonchev–Trinajstić information content (AvgIpc) is 3.11. The zero-order valence-corrected chi connectivity index (χ0v) is 20.5. The van der Waals surface area contributed by atoms with Crippen molar-refractivity contribution in [1.82, 2.24) is 4.90 Å². The smallest absolute Gasteiger partial charge is 0.270 e. The number of hydrogen-bond donors (Lipinski definition) is 0. The van der Waals surface area contributed by atoms with Gasteiger partial charge in [0.25, 0.3) is 11.6 Å². The number of benzene rings is 3. The van der Waals surface area contributed by atoms with Crippen molar-refractivity contribution in [2.45, 2.75) is 13.5 Å². The number of carbonyl (C=O) groups is 1. The maximum atomic E-state index is 13.1. The maximum Gasteiger partial charge on any atom is 0.270 e. The fourth-order valence-electron chi connectivity index (χ4n) is 3.46. The lowest BCUT2D eigenvalue weighted by Crippen LogP contribution is -2.27. The molecule has 35 heavy (non-hydrogen) atoms. The fourth-order valence-corrected chi connectivity index (χ4v) is 4.70. The Labute approximate surface area is 212 Å². The van der Waals surface area contributed by atoms with Gasteiger partial charge in [0.1, 0.15) is 29.0 Å². The minimum Gasteiger partial charge on any atom is -0.490 e. The molecule has 9 heteroatoms. The summed E-state index contributed by atoms with van der Waals surface area (Å²) in [7, 11) is 0. The van der Waals surface area contributed by atoms with Gasteiger partial charge in [0.15, 0.2) is 0 Å². The highest BCUT2D eigenvalue weighted by atomic mass is 32.2. The largest absolute Gasteiger partial charge is 0.490 e. The Bertz CT molecular complexity index is 1290. The molecule has 1 heterocycles. The number of aryl methyl sites for hydroxylation is 1. The first-order valence-corrected chi connectivity index (χ1v) is 12.0. The number of thiocarbonyl (C=S) groups is 1. The number of rotatable bonds is 9. The van der Waals surface area contributed by atoms with Crippen LogP contribution in [0.5, 0.6) is 11.5 Å². The van der Waals surface area contributed by atoms with Crippen LogP contribution in [0.25, 0.3) is 6.08 Å². The molecule has 1 aliphatic rings. The van der Waals surface area contributed by atoms with Crippen LogP contribution in [-0.2, 0) is 11.3 Å². The second-order valence-corrected chi connectivity index (χ2v) is 9.37. The monoisotopic (exact) mass is 506 g/mol. The van der Waals surface area contributed by atoms with E-state index in [1.54, 1.807) is 6.08 Å². The number of non-ortho nitro benzene ring substituents is 1. The highest BCUT2D eigenvalue weighted by Gasteiger charge is 2.32. The van der Waals surface area contributed by atoms with E-state index < -0.39 is 4.92 Å². The van der Waals surface area contributed by atoms with E-state index in [-0.39, 0.29) is 18.2 Å². The highest BCUT2D eigenvalue weighted by molar-refractivity contribution is 8.26. The predicted molar refractivity (Wildman–Crippen MR) is 140 cm³/mol. The van der Waals surface area contributed by atoms with Crippen molar-refractivity contribution in [1.29, 1.82) is 0 Å². The van der Waals surface area contributed by atoms with Gasteiger partial charge in [0.2, 0.25) is 0 Å². The summed E-state index contributed by atoms with van der Waals surface area (Å²) in [5.41, 5.74) is 2.30. The Kier molecular flexibility index (Phi) is 7.79. The van der Waals surface area contributed by atoms with Crippen molar-refractivity contribution < 1.29 is 19.2 Å². The van der Waals surface area contributed by atoms with Crippen LogP contribution in [0.2, 0.25) is 0 Å². The number of para-hydroxylation sites is 1. The Morgan fingerprint density at radius 3 is 2.40 bits per heavy atom. The van der Waals surface area contributed by atoms with Crippen molar-refractivity contribution >= 4 is 46.0 Å². The lowest BCUT2D eigenvalue weighted by atomic mass is 10.1. The van der Waals surface area contributed by atoms with Gasteiger partial charge in [-0.05, 0) is 36.3 Å². The molecule has 0 radical (unpaired) electrons. The summed E-state index contributed by atoms with van der Waals surface area (Å²) < 4.78 is 12.1. The third kappa shape index (κ3) is 6.06. The molecule has 0 N–H and O–H groups in total. The molecule has 3 aromatic rings. The van der Waals surface area contributed by atoms with Crippen LogP contribution in [0.1, 0.15) is 16.7 Å². The van der Waals surface area contributed by atoms with Crippen molar-refractivity contribution in [3.8, 4) is 11.5 Å². The SMILES string of the molecule is Cc1ccccc1OCCOc1ccc([N+](=O)[O-])cc1/C=C1/SC(=S)N(Cc2ccccc2)C1=O. The summed E-state index contributed by atoms with van der Waals surface area (Å²) in [5, 5.41) is 11.3. The zero-order valence-electron chi connectivity index (χ0n) is 18.9. The zero-order chi connectivity index (χ0) is 24.8. The number of ether oxygens (including phenoxy) is 2. The highest BCUT2D eigenvalue weighted by Crippen LogP contribution is 2.36. The lowest BCUT2D eigenvalue weighted by molar-refractivity contribution is -0.384. The Balaban J connectivity index is 1.51. The lowest BCUT2D eigenvalue weighted by Gasteiger charge is -2.14. The molecule has 0 bridgehead atoms. The Morgan fingerprint density at radius 1 is 1.00 bits per heavy atom. The maximum absolute atomic E-state index is 13.1. The van der Waals surface area contributed by atoms with Gasteiger partial charge in [-0.3, -0.25) is 19.8 Å². The summed E-state index contributed by atoms with van der Waals surface area (Å²) in [4.78, 5) is 25.8. The first-order valence-electron chi connectivity index (χ1n) is 10.8. The molecule has 1 aliphatic heterocycles. The van der Waals surface area contributed by atoms with Gasteiger partial charge in [-0.1, -0.05) is 72.5 Å². The summed E-state index contributed by atoms with van der Waals surface area (Å²) in [6.45, 7) is 2.83. The van der Waals surface area contributed by atoms with Crippen molar-refractivity contribution in [2.75, 3.05) is 13.2 Å². The predicted octanol–water partition coefficient (Wildman–Crippen LogP) is 5.76. The van der Waals surface area contributed by atoms with Crippen molar-refractivity contribution in [3.05, 3.63) is 105 Å². The summed E-state index contributed by atoms with van der Waals surface area (Å²) in [5.74, 6) is 0.934. The molecule has 1 saturated heterocycles. The average molecular weight is 507 g/mol. The normalized spacial score (nSPS) is 14.4. The second kappa shape index (κ2) is 11.2. The molecule has 1 amide bonds. The van der Waals surface area contributed by atoms with Gasteiger partial charge in [-0.25, -0.2) is 0 Å². The molecule has 0 aromatic heterocycles. The van der Waals surface area contributed by atoms with Crippen LogP contribution >= 0.6 is 24.0 Å². The van der Waals surface area contributed by atoms with Gasteiger partial charge in [-0.2, -0.15) is 0 Å². The molecular formula is C26H22N2O5S2. The van der Waals surface area contributed by atoms with E-state index >= 15 is 0 Å². The summed E-state index contributed by atoms with van der Waals surface area (Å²) in [6, 6.07) is 21.5. The van der Waals surface area contributed by atoms with Crippen LogP contribution in [-0.4, -0.2) is 33.3 Å². The first kappa shape index (κ1) is 24.4. The number of hydrogen-bond acceptors (Lipinski definition) is 7. The fraction of sp³-hybridized carbons (Fsp3) is 0.154. The quantitative estimate of drug-likeness (QED) is 0.120. The minimum absolute atomic E-state index is 0.0977. The molecule has 3 aromatic carbocycles. The number of nitro benzene ring substituents is 1. The van der Waals surface area contributed by atoms with E-state index in [0.29, 0.717) is 33.7 Å². The molecule has 0 aliphatic carbocycles. The molecule has 1 fully saturated rings. The molecule has 0 atom stereocenters. The van der Waals surface area contributed by atoms with Crippen LogP contribution in [0.4, 0.5) is 5.69 Å². The van der Waals surface area contributed by atoms with Crippen LogP contribution in [0.15, 0.2) is 77.7 Å². The number of amides is 1. The number of carbonyl (C=O) groups excluding carboxylic acids is 1. The number of thioether (sulfide) groups is 1. The van der Waals surface area contributed by atoms with Gasteiger partial charge in [0, 0.05) is 17.7 Å². The molecule has 178 valence electrons. The van der Waals surface area contributed by atoms with E-state index in [2.05, 4.69) is 0 Å². The van der Waals surface area contributed by atoms with Crippen LogP contribution in [0.3, 0.4) is 0 Å². The minimum atomic E-state index is -0.483. The number of nitro groups is 1.